The van der Waals surface area contributed by atoms with Crippen molar-refractivity contribution in [3.63, 3.8) is 0 Å². The van der Waals surface area contributed by atoms with Gasteiger partial charge in [-0.05, 0) is 18.7 Å². The molecule has 24 heteroatoms. The summed E-state index contributed by atoms with van der Waals surface area (Å²) in [6.45, 7) is -1.94. The number of nitrogens with zero attached hydrogens (tertiary/aromatic N) is 7. The van der Waals surface area contributed by atoms with Crippen LogP contribution in [0.25, 0.3) is 22.3 Å². The summed E-state index contributed by atoms with van der Waals surface area (Å²) < 4.78 is 58.5. The zero-order valence-electron chi connectivity index (χ0n) is 24.5. The van der Waals surface area contributed by atoms with Gasteiger partial charge in [0.05, 0.1) is 38.1 Å². The van der Waals surface area contributed by atoms with Gasteiger partial charge >= 0.3 is 14.5 Å². The van der Waals surface area contributed by atoms with Crippen LogP contribution >= 0.6 is 14.5 Å². The van der Waals surface area contributed by atoms with E-state index >= 15 is 0 Å². The quantitative estimate of drug-likeness (QED) is 0.169. The van der Waals surface area contributed by atoms with E-state index in [0.717, 1.165) is 0 Å². The zero-order valence-corrected chi connectivity index (χ0v) is 27.1. The molecule has 252 valence electrons. The van der Waals surface area contributed by atoms with Crippen LogP contribution in [0.4, 0.5) is 11.8 Å². The fraction of sp³-hybridized carbons (Fsp3) is 0.565. The van der Waals surface area contributed by atoms with Crippen LogP contribution in [0.1, 0.15) is 26.3 Å². The number of H-pyrrole nitrogens is 1. The molecule has 4 bridgehead atoms. The third kappa shape index (κ3) is 4.94. The summed E-state index contributed by atoms with van der Waals surface area (Å²) in [7, 11) is -4.87. The summed E-state index contributed by atoms with van der Waals surface area (Å²) in [6.07, 6.45) is -1.45. The van der Waals surface area contributed by atoms with E-state index in [1.165, 1.54) is 28.1 Å². The van der Waals surface area contributed by atoms with E-state index in [2.05, 4.69) is 29.9 Å². The van der Waals surface area contributed by atoms with E-state index < -0.39 is 81.2 Å². The number of aromatic nitrogens is 8. The second kappa shape index (κ2) is 10.5. The molecular weight excluding hydrogens is 686 g/mol. The number of ether oxygens (including phenoxy) is 3. The largest absolute Gasteiger partial charge is 0.472 e. The van der Waals surface area contributed by atoms with E-state index in [0.29, 0.717) is 11.2 Å². The number of aromatic amines is 1. The SMILES string of the molecule is C[C@H]1[C@H]2OP(O)(=S)OC[C@@]34CO[C@@H]([C@H](n5cnc6c(N)ncnc65)O3)[C@@H]4OP(=O)(O)OC[C@@]1(C)O[C@H]2n1cnc2c(=O)[nH]c(N)nc21. The molecule has 21 nitrogen and oxygen atoms in total. The van der Waals surface area contributed by atoms with Gasteiger partial charge in [0.25, 0.3) is 5.56 Å². The topological polar surface area (TPSA) is 281 Å². The van der Waals surface area contributed by atoms with Crippen molar-refractivity contribution < 1.29 is 46.7 Å². The fourth-order valence-corrected chi connectivity index (χ4v) is 8.96. The maximum atomic E-state index is 13.6. The second-order valence-corrected chi connectivity index (χ2v) is 16.1. The molecule has 0 saturated carbocycles. The van der Waals surface area contributed by atoms with Gasteiger partial charge in [0.15, 0.2) is 35.1 Å². The van der Waals surface area contributed by atoms with Gasteiger partial charge in [-0.2, -0.15) is 4.98 Å². The molecule has 4 aromatic rings. The number of anilines is 2. The van der Waals surface area contributed by atoms with Gasteiger partial charge in [0, 0.05) is 5.92 Å². The molecule has 0 aromatic carbocycles. The van der Waals surface area contributed by atoms with E-state index in [1.807, 2.05) is 0 Å². The van der Waals surface area contributed by atoms with Gasteiger partial charge < -0.3 is 44.5 Å². The molecule has 0 radical (unpaired) electrons. The van der Waals surface area contributed by atoms with Crippen LogP contribution in [-0.4, -0.2) is 98.2 Å². The van der Waals surface area contributed by atoms with Gasteiger partial charge in [0.2, 0.25) is 5.95 Å². The molecule has 4 aliphatic heterocycles. The Kier molecular flexibility index (Phi) is 7.00. The van der Waals surface area contributed by atoms with Crippen LogP contribution in [0.15, 0.2) is 23.8 Å². The maximum absolute atomic E-state index is 13.6. The second-order valence-electron chi connectivity index (χ2n) is 11.9. The minimum Gasteiger partial charge on any atom is -0.382 e. The first-order valence-electron chi connectivity index (χ1n) is 14.1. The van der Waals surface area contributed by atoms with Gasteiger partial charge in [-0.25, -0.2) is 24.5 Å². The highest BCUT2D eigenvalue weighted by atomic mass is 32.5. The lowest BCUT2D eigenvalue weighted by molar-refractivity contribution is -0.183. The van der Waals surface area contributed by atoms with Gasteiger partial charge in [0.1, 0.15) is 35.8 Å². The summed E-state index contributed by atoms with van der Waals surface area (Å²) in [5.41, 5.74) is 8.89. The highest BCUT2D eigenvalue weighted by Gasteiger charge is 2.66. The fourth-order valence-electron chi connectivity index (χ4n) is 6.39. The van der Waals surface area contributed by atoms with Gasteiger partial charge in [-0.15, -0.1) is 0 Å². The molecular formula is C23H28N10O11P2S. The minimum absolute atomic E-state index is 0.0323. The van der Waals surface area contributed by atoms with E-state index in [9.17, 15) is 19.1 Å². The number of nitrogens with two attached hydrogens (primary N) is 2. The van der Waals surface area contributed by atoms with Crippen LogP contribution in [0.3, 0.4) is 0 Å². The molecule has 4 saturated heterocycles. The number of hydrogen-bond acceptors (Lipinski definition) is 17. The Morgan fingerprint density at radius 1 is 0.979 bits per heavy atom. The van der Waals surface area contributed by atoms with Crippen molar-refractivity contribution in [2.75, 3.05) is 31.3 Å². The summed E-state index contributed by atoms with van der Waals surface area (Å²) in [5, 5.41) is 0. The normalized spacial score (nSPS) is 40.7. The third-order valence-corrected chi connectivity index (χ3v) is 11.5. The number of phosphoric acid groups is 1. The highest BCUT2D eigenvalue weighted by Crippen LogP contribution is 2.60. The summed E-state index contributed by atoms with van der Waals surface area (Å²) >= 11 is 5.46. The summed E-state index contributed by atoms with van der Waals surface area (Å²) in [5.74, 6) is -0.697. The van der Waals surface area contributed by atoms with Gasteiger partial charge in [-0.1, -0.05) is 6.92 Å². The molecule has 4 aromatic heterocycles. The van der Waals surface area contributed by atoms with Crippen molar-refractivity contribution in [3.05, 3.63) is 29.3 Å². The summed E-state index contributed by atoms with van der Waals surface area (Å²) in [4.78, 5) is 58.1. The number of nitrogens with one attached hydrogen (secondary N) is 1. The van der Waals surface area contributed by atoms with Crippen LogP contribution in [0, 0.1) is 5.92 Å². The number of hydrogen-bond donors (Lipinski definition) is 5. The van der Waals surface area contributed by atoms with Crippen molar-refractivity contribution in [2.24, 2.45) is 5.92 Å². The van der Waals surface area contributed by atoms with Crippen molar-refractivity contribution >= 4 is 60.4 Å². The lowest BCUT2D eigenvalue weighted by Crippen LogP contribution is -2.46. The minimum atomic E-state index is -4.87. The predicted molar refractivity (Wildman–Crippen MR) is 161 cm³/mol. The molecule has 8 rings (SSSR count). The molecule has 0 aliphatic carbocycles. The number of imidazole rings is 2. The molecule has 47 heavy (non-hydrogen) atoms. The zero-order chi connectivity index (χ0) is 33.1. The van der Waals surface area contributed by atoms with Crippen LogP contribution in [0.2, 0.25) is 0 Å². The Morgan fingerprint density at radius 2 is 1.70 bits per heavy atom. The van der Waals surface area contributed by atoms with Crippen LogP contribution in [0.5, 0.6) is 0 Å². The Balaban J connectivity index is 1.16. The maximum Gasteiger partial charge on any atom is 0.472 e. The van der Waals surface area contributed by atoms with Crippen molar-refractivity contribution in [1.29, 1.82) is 0 Å². The predicted octanol–water partition coefficient (Wildman–Crippen LogP) is -0.152. The lowest BCUT2D eigenvalue weighted by Gasteiger charge is -2.33. The van der Waals surface area contributed by atoms with Crippen molar-refractivity contribution in [1.82, 2.24) is 39.0 Å². The molecule has 10 atom stereocenters. The standard InChI is InChI=1S/C23H28N10O11P2S/c1-9-12-19(33-8-29-11-17(33)30-21(25)31-18(11)34)41-22(9,2)3-39-45(35,36)44-14-13-20(32-7-28-10-15(24)26-6-27-16(10)32)42-23(14,4-38-13)5-40-46(37,47)43-12/h6-9,12-14,19-20H,3-5H2,1-2H3,(H,35,36)(H,37,47)(H2,24,26,27)(H3,25,30,31,34)/t9-,12+,13+,14-,19+,20+,22+,23+,46?/m0/s1. The third-order valence-electron chi connectivity index (χ3n) is 8.97. The molecule has 4 aliphatic rings. The number of phosphoric ester groups is 1. The smallest absolute Gasteiger partial charge is 0.382 e. The molecule has 7 N–H and O–H groups in total. The average Bonchev–Trinajstić information content (AvgIpc) is 3.81. The molecule has 8 heterocycles. The van der Waals surface area contributed by atoms with Crippen LogP contribution in [-0.2, 0) is 48.7 Å². The van der Waals surface area contributed by atoms with E-state index in [1.54, 1.807) is 13.8 Å². The first-order chi connectivity index (χ1) is 22.2. The Morgan fingerprint density at radius 3 is 2.49 bits per heavy atom. The summed E-state index contributed by atoms with van der Waals surface area (Å²) in [6, 6.07) is 0. The number of nitrogen functional groups attached to an aromatic ring is 2. The number of rotatable bonds is 2. The first-order valence-corrected chi connectivity index (χ1v) is 18.2. The molecule has 0 spiro atoms. The van der Waals surface area contributed by atoms with Crippen LogP contribution < -0.4 is 17.0 Å². The Labute approximate surface area is 268 Å². The average molecular weight is 715 g/mol. The molecule has 4 fully saturated rings. The first kappa shape index (κ1) is 31.3. The highest BCUT2D eigenvalue weighted by molar-refractivity contribution is 8.07. The van der Waals surface area contributed by atoms with Gasteiger partial charge in [-0.3, -0.25) is 28.0 Å². The Bertz CT molecular complexity index is 2080. The van der Waals surface area contributed by atoms with E-state index in [4.69, 9.17) is 55.6 Å². The Hall–Kier alpha value is -2.98. The monoisotopic (exact) mass is 714 g/mol. The molecule has 2 unspecified atom stereocenters. The molecule has 0 amide bonds. The number of fused-ring (bicyclic) bond motifs is 4. The van der Waals surface area contributed by atoms with E-state index in [-0.39, 0.29) is 29.5 Å². The van der Waals surface area contributed by atoms with Crippen molar-refractivity contribution in [2.45, 2.75) is 55.8 Å². The van der Waals surface area contributed by atoms with Crippen molar-refractivity contribution in [3.8, 4) is 0 Å². The lowest BCUT2D eigenvalue weighted by atomic mass is 9.89.